The maximum Gasteiger partial charge on any atom is 0.317 e. The van der Waals surface area contributed by atoms with E-state index < -0.39 is 11.9 Å². The highest BCUT2D eigenvalue weighted by Gasteiger charge is 2.09. The number of esters is 2. The molecule has 11 heavy (non-hydrogen) atoms. The first-order valence-electron chi connectivity index (χ1n) is 3.67. The van der Waals surface area contributed by atoms with Gasteiger partial charge in [-0.1, -0.05) is 12.2 Å². The van der Waals surface area contributed by atoms with E-state index >= 15 is 0 Å². The summed E-state index contributed by atoms with van der Waals surface area (Å²) >= 11 is 0. The lowest BCUT2D eigenvalue weighted by atomic mass is 10.2. The molecule has 0 fully saturated rings. The Labute approximate surface area is 65.0 Å². The average molecular weight is 154 g/mol. The van der Waals surface area contributed by atoms with Crippen LogP contribution in [0.5, 0.6) is 0 Å². The molecule has 0 atom stereocenters. The molecule has 1 aliphatic rings. The zero-order chi connectivity index (χ0) is 8.10. The van der Waals surface area contributed by atoms with Gasteiger partial charge < -0.3 is 4.74 Å². The van der Waals surface area contributed by atoms with Crippen LogP contribution in [0.4, 0.5) is 0 Å². The molecule has 0 saturated carbocycles. The topological polar surface area (TPSA) is 43.4 Å². The van der Waals surface area contributed by atoms with Crippen molar-refractivity contribution in [3.05, 3.63) is 12.2 Å². The molecule has 3 heteroatoms. The fourth-order valence-electron chi connectivity index (χ4n) is 0.881. The molecule has 1 aliphatic heterocycles. The fraction of sp³-hybridized carbons (Fsp3) is 0.500. The standard InChI is InChI=1S/C8H10O3/c9-7-5-3-1-2-4-6-8(10)11-7/h1,3H,2,4-6H2. The lowest BCUT2D eigenvalue weighted by Crippen LogP contribution is -2.10. The summed E-state index contributed by atoms with van der Waals surface area (Å²) in [5, 5.41) is 0. The minimum Gasteiger partial charge on any atom is -0.393 e. The van der Waals surface area contributed by atoms with Gasteiger partial charge in [0.15, 0.2) is 0 Å². The Morgan fingerprint density at radius 3 is 2.82 bits per heavy atom. The molecule has 0 unspecified atom stereocenters. The van der Waals surface area contributed by atoms with Crippen LogP contribution in [0.1, 0.15) is 25.7 Å². The van der Waals surface area contributed by atoms with Crippen molar-refractivity contribution < 1.29 is 14.3 Å². The molecule has 0 amide bonds. The molecule has 3 nitrogen and oxygen atoms in total. The van der Waals surface area contributed by atoms with Crippen LogP contribution in [0.3, 0.4) is 0 Å². The molecule has 0 aromatic carbocycles. The molecule has 0 aromatic rings. The molecule has 0 N–H and O–H groups in total. The van der Waals surface area contributed by atoms with Crippen LogP contribution < -0.4 is 0 Å². The maximum absolute atomic E-state index is 10.7. The first-order valence-corrected chi connectivity index (χ1v) is 3.67. The Balaban J connectivity index is 2.50. The largest absolute Gasteiger partial charge is 0.393 e. The van der Waals surface area contributed by atoms with Gasteiger partial charge in [-0.15, -0.1) is 0 Å². The van der Waals surface area contributed by atoms with Crippen LogP contribution in [0.15, 0.2) is 12.2 Å². The van der Waals surface area contributed by atoms with Gasteiger partial charge in [-0.25, -0.2) is 0 Å². The van der Waals surface area contributed by atoms with Crippen LogP contribution in [0.25, 0.3) is 0 Å². The Morgan fingerprint density at radius 2 is 2.00 bits per heavy atom. The SMILES string of the molecule is O=C1CC=CCCCC(=O)O1. The predicted molar refractivity (Wildman–Crippen MR) is 38.7 cm³/mol. The minimum absolute atomic E-state index is 0.214. The summed E-state index contributed by atoms with van der Waals surface area (Å²) in [6.07, 6.45) is 5.81. The van der Waals surface area contributed by atoms with E-state index in [9.17, 15) is 9.59 Å². The monoisotopic (exact) mass is 154 g/mol. The summed E-state index contributed by atoms with van der Waals surface area (Å²) in [6, 6.07) is 0. The molecule has 0 radical (unpaired) electrons. The van der Waals surface area contributed by atoms with Crippen LogP contribution >= 0.6 is 0 Å². The third-order valence-corrected chi connectivity index (χ3v) is 1.43. The number of hydrogen-bond acceptors (Lipinski definition) is 3. The highest BCUT2D eigenvalue weighted by molar-refractivity contribution is 5.86. The van der Waals surface area contributed by atoms with Gasteiger partial charge in [0.1, 0.15) is 0 Å². The summed E-state index contributed by atoms with van der Waals surface area (Å²) in [5.74, 6) is -0.855. The Bertz CT molecular complexity index is 194. The fourth-order valence-corrected chi connectivity index (χ4v) is 0.881. The molecule has 0 aromatic heterocycles. The number of cyclic esters (lactones) is 2. The molecule has 0 aliphatic carbocycles. The van der Waals surface area contributed by atoms with E-state index in [1.165, 1.54) is 0 Å². The Kier molecular flexibility index (Phi) is 2.83. The van der Waals surface area contributed by atoms with Gasteiger partial charge >= 0.3 is 11.9 Å². The van der Waals surface area contributed by atoms with E-state index in [2.05, 4.69) is 4.74 Å². The van der Waals surface area contributed by atoms with Crippen LogP contribution in [0, 0.1) is 0 Å². The van der Waals surface area contributed by atoms with Crippen molar-refractivity contribution in [2.45, 2.75) is 25.7 Å². The normalized spacial score (nSPS) is 20.0. The first kappa shape index (κ1) is 7.98. The maximum atomic E-state index is 10.7. The second-order valence-electron chi connectivity index (χ2n) is 2.41. The van der Waals surface area contributed by atoms with Crippen molar-refractivity contribution in [3.63, 3.8) is 0 Å². The zero-order valence-corrected chi connectivity index (χ0v) is 6.21. The third kappa shape index (κ3) is 2.98. The molecule has 1 rings (SSSR count). The van der Waals surface area contributed by atoms with Crippen molar-refractivity contribution in [1.82, 2.24) is 0 Å². The van der Waals surface area contributed by atoms with Gasteiger partial charge in [-0.2, -0.15) is 0 Å². The molecule has 1 heterocycles. The van der Waals surface area contributed by atoms with E-state index in [-0.39, 0.29) is 6.42 Å². The number of allylic oxidation sites excluding steroid dienone is 1. The van der Waals surface area contributed by atoms with E-state index in [1.807, 2.05) is 6.08 Å². The highest BCUT2D eigenvalue weighted by atomic mass is 16.6. The van der Waals surface area contributed by atoms with Crippen molar-refractivity contribution in [1.29, 1.82) is 0 Å². The summed E-state index contributed by atoms with van der Waals surface area (Å²) in [5.41, 5.74) is 0. The van der Waals surface area contributed by atoms with Gasteiger partial charge in [-0.05, 0) is 12.8 Å². The number of carbonyl (C=O) groups excluding carboxylic acids is 2. The van der Waals surface area contributed by atoms with Crippen molar-refractivity contribution in [3.8, 4) is 0 Å². The summed E-state index contributed by atoms with van der Waals surface area (Å²) < 4.78 is 4.44. The van der Waals surface area contributed by atoms with Crippen molar-refractivity contribution >= 4 is 11.9 Å². The number of carbonyl (C=O) groups is 2. The van der Waals surface area contributed by atoms with Crippen LogP contribution in [-0.2, 0) is 14.3 Å². The molecule has 0 saturated heterocycles. The average Bonchev–Trinajstić information content (AvgIpc) is 2.02. The summed E-state index contributed by atoms with van der Waals surface area (Å²) in [6.45, 7) is 0. The van der Waals surface area contributed by atoms with E-state index in [0.717, 1.165) is 12.8 Å². The molecular formula is C8H10O3. The summed E-state index contributed by atoms with van der Waals surface area (Å²) in [7, 11) is 0. The summed E-state index contributed by atoms with van der Waals surface area (Å²) in [4.78, 5) is 21.4. The zero-order valence-electron chi connectivity index (χ0n) is 6.21. The second-order valence-corrected chi connectivity index (χ2v) is 2.41. The first-order chi connectivity index (χ1) is 5.29. The Hall–Kier alpha value is -1.12. The van der Waals surface area contributed by atoms with E-state index in [0.29, 0.717) is 6.42 Å². The van der Waals surface area contributed by atoms with Gasteiger partial charge in [0.25, 0.3) is 0 Å². The second kappa shape index (κ2) is 3.91. The lowest BCUT2D eigenvalue weighted by Gasteiger charge is -1.97. The number of rotatable bonds is 0. The van der Waals surface area contributed by atoms with Crippen molar-refractivity contribution in [2.24, 2.45) is 0 Å². The smallest absolute Gasteiger partial charge is 0.317 e. The van der Waals surface area contributed by atoms with Gasteiger partial charge in [0.05, 0.1) is 6.42 Å². The van der Waals surface area contributed by atoms with E-state index in [1.54, 1.807) is 6.08 Å². The van der Waals surface area contributed by atoms with Gasteiger partial charge in [0.2, 0.25) is 0 Å². The third-order valence-electron chi connectivity index (χ3n) is 1.43. The Morgan fingerprint density at radius 1 is 1.18 bits per heavy atom. The molecular weight excluding hydrogens is 144 g/mol. The highest BCUT2D eigenvalue weighted by Crippen LogP contribution is 2.03. The van der Waals surface area contributed by atoms with E-state index in [4.69, 9.17) is 0 Å². The molecule has 0 bridgehead atoms. The molecule has 0 spiro atoms. The van der Waals surface area contributed by atoms with Crippen molar-refractivity contribution in [2.75, 3.05) is 0 Å². The van der Waals surface area contributed by atoms with Gasteiger partial charge in [-0.3, -0.25) is 9.59 Å². The van der Waals surface area contributed by atoms with Gasteiger partial charge in [0, 0.05) is 6.42 Å². The lowest BCUT2D eigenvalue weighted by molar-refractivity contribution is -0.158. The predicted octanol–water partition coefficient (Wildman–Crippen LogP) is 1.19. The number of ether oxygens (including phenoxy) is 1. The van der Waals surface area contributed by atoms with Crippen LogP contribution in [0.2, 0.25) is 0 Å². The minimum atomic E-state index is -0.451. The quantitative estimate of drug-likeness (QED) is 0.299. The number of hydrogen-bond donors (Lipinski definition) is 0. The van der Waals surface area contributed by atoms with Crippen LogP contribution in [-0.4, -0.2) is 11.9 Å². The molecule has 60 valence electrons.